The molecule has 1 N–H and O–H groups in total. The molecule has 2 aromatic rings. The Bertz CT molecular complexity index is 679. The maximum absolute atomic E-state index is 12.3. The molecule has 20 heavy (non-hydrogen) atoms. The van der Waals surface area contributed by atoms with Crippen LogP contribution in [-0.4, -0.2) is 15.0 Å². The van der Waals surface area contributed by atoms with Crippen LogP contribution in [0.25, 0.3) is 0 Å². The lowest BCUT2D eigenvalue weighted by Gasteiger charge is -2.23. The summed E-state index contributed by atoms with van der Waals surface area (Å²) in [4.78, 5) is 1.43. The summed E-state index contributed by atoms with van der Waals surface area (Å²) in [5.74, 6) is 0. The molecular weight excluding hydrogens is 358 g/mol. The van der Waals surface area contributed by atoms with Crippen molar-refractivity contribution in [1.29, 1.82) is 0 Å². The highest BCUT2D eigenvalue weighted by Crippen LogP contribution is 2.27. The molecule has 1 aromatic heterocycles. The smallest absolute Gasteiger partial charge is 0.210 e. The summed E-state index contributed by atoms with van der Waals surface area (Å²) in [6.07, 6.45) is 0. The first-order chi connectivity index (χ1) is 9.31. The molecule has 0 atom stereocenters. The minimum Gasteiger partial charge on any atom is -0.210 e. The number of hydrogen-bond acceptors (Lipinski definition) is 3. The van der Waals surface area contributed by atoms with E-state index in [1.54, 1.807) is 35.6 Å². The lowest BCUT2D eigenvalue weighted by atomic mass is 9.92. The van der Waals surface area contributed by atoms with Crippen LogP contribution in [0.15, 0.2) is 51.1 Å². The number of benzene rings is 1. The molecule has 0 unspecified atom stereocenters. The van der Waals surface area contributed by atoms with E-state index in [-0.39, 0.29) is 10.3 Å². The average Bonchev–Trinajstić information content (AvgIpc) is 2.91. The Kier molecular flexibility index (Phi) is 4.69. The van der Waals surface area contributed by atoms with Crippen molar-refractivity contribution in [3.63, 3.8) is 0 Å². The van der Waals surface area contributed by atoms with Crippen LogP contribution in [-0.2, 0) is 15.4 Å². The molecule has 2 rings (SSSR count). The monoisotopic (exact) mass is 373 g/mol. The number of sulfonamides is 1. The van der Waals surface area contributed by atoms with E-state index in [9.17, 15) is 8.42 Å². The van der Waals surface area contributed by atoms with Crippen molar-refractivity contribution in [2.24, 2.45) is 0 Å². The molecule has 108 valence electrons. The van der Waals surface area contributed by atoms with E-state index in [1.165, 1.54) is 0 Å². The molecule has 0 radical (unpaired) electrons. The summed E-state index contributed by atoms with van der Waals surface area (Å²) in [6, 6.07) is 10.7. The van der Waals surface area contributed by atoms with Crippen LogP contribution < -0.4 is 4.72 Å². The summed E-state index contributed by atoms with van der Waals surface area (Å²) in [5.41, 5.74) is -0.229. The van der Waals surface area contributed by atoms with Gasteiger partial charge in [-0.1, -0.05) is 41.9 Å². The first kappa shape index (κ1) is 15.7. The van der Waals surface area contributed by atoms with Crippen molar-refractivity contribution >= 4 is 37.3 Å². The van der Waals surface area contributed by atoms with Gasteiger partial charge >= 0.3 is 0 Å². The van der Waals surface area contributed by atoms with Gasteiger partial charge < -0.3 is 0 Å². The second-order valence-electron chi connectivity index (χ2n) is 5.14. The standard InChI is InChI=1S/C14H16BrNO2S2/c1-14(2,13-7-4-8-19-13)10-16-20(17,18)12-6-3-5-11(15)9-12/h3-9,16H,10H2,1-2H3. The zero-order valence-electron chi connectivity index (χ0n) is 11.3. The molecule has 0 amide bonds. The molecule has 0 bridgehead atoms. The Morgan fingerprint density at radius 3 is 2.60 bits per heavy atom. The van der Waals surface area contributed by atoms with Crippen LogP contribution in [0.3, 0.4) is 0 Å². The van der Waals surface area contributed by atoms with Gasteiger partial charge in [-0.05, 0) is 29.6 Å². The lowest BCUT2D eigenvalue weighted by Crippen LogP contribution is -2.36. The van der Waals surface area contributed by atoms with E-state index in [4.69, 9.17) is 0 Å². The fourth-order valence-electron chi connectivity index (χ4n) is 1.74. The van der Waals surface area contributed by atoms with Crippen LogP contribution in [0.5, 0.6) is 0 Å². The maximum atomic E-state index is 12.3. The van der Waals surface area contributed by atoms with Gasteiger partial charge in [-0.3, -0.25) is 0 Å². The van der Waals surface area contributed by atoms with Gasteiger partial charge in [-0.25, -0.2) is 13.1 Å². The Hall–Kier alpha value is -0.690. The van der Waals surface area contributed by atoms with Crippen molar-refractivity contribution < 1.29 is 8.42 Å². The van der Waals surface area contributed by atoms with Crippen molar-refractivity contribution in [3.8, 4) is 0 Å². The second kappa shape index (κ2) is 5.97. The molecule has 0 spiro atoms. The van der Waals surface area contributed by atoms with Gasteiger partial charge in [0.15, 0.2) is 0 Å². The quantitative estimate of drug-likeness (QED) is 0.866. The molecule has 0 fully saturated rings. The van der Waals surface area contributed by atoms with Gasteiger partial charge in [0.1, 0.15) is 0 Å². The second-order valence-corrected chi connectivity index (χ2v) is 8.77. The maximum Gasteiger partial charge on any atom is 0.240 e. The normalized spacial score (nSPS) is 12.6. The molecule has 1 aromatic carbocycles. The third kappa shape index (κ3) is 3.69. The Morgan fingerprint density at radius 2 is 2.00 bits per heavy atom. The third-order valence-electron chi connectivity index (χ3n) is 3.00. The molecule has 1 heterocycles. The van der Waals surface area contributed by atoms with Gasteiger partial charge in [0.25, 0.3) is 0 Å². The number of rotatable bonds is 5. The minimum absolute atomic E-state index is 0.229. The SMILES string of the molecule is CC(C)(CNS(=O)(=O)c1cccc(Br)c1)c1cccs1. The summed E-state index contributed by atoms with van der Waals surface area (Å²) >= 11 is 4.92. The fraction of sp³-hybridized carbons (Fsp3) is 0.286. The largest absolute Gasteiger partial charge is 0.240 e. The van der Waals surface area contributed by atoms with Crippen LogP contribution in [0, 0.1) is 0 Å². The van der Waals surface area contributed by atoms with Gasteiger partial charge in [-0.15, -0.1) is 11.3 Å². The number of nitrogens with one attached hydrogen (secondary N) is 1. The van der Waals surface area contributed by atoms with E-state index in [2.05, 4.69) is 20.7 Å². The average molecular weight is 374 g/mol. The summed E-state index contributed by atoms with van der Waals surface area (Å²) in [5, 5.41) is 2.00. The summed E-state index contributed by atoms with van der Waals surface area (Å²) < 4.78 is 28.0. The van der Waals surface area contributed by atoms with Crippen molar-refractivity contribution in [2.45, 2.75) is 24.2 Å². The molecule has 6 heteroatoms. The number of thiophene rings is 1. The lowest BCUT2D eigenvalue weighted by molar-refractivity contribution is 0.509. The van der Waals surface area contributed by atoms with Crippen molar-refractivity contribution in [2.75, 3.05) is 6.54 Å². The predicted octanol–water partition coefficient (Wildman–Crippen LogP) is 3.77. The molecule has 0 aliphatic rings. The molecule has 0 aliphatic carbocycles. The predicted molar refractivity (Wildman–Crippen MR) is 86.7 cm³/mol. The van der Waals surface area contributed by atoms with Gasteiger partial charge in [0.2, 0.25) is 10.0 Å². The van der Waals surface area contributed by atoms with E-state index in [0.29, 0.717) is 6.54 Å². The highest BCUT2D eigenvalue weighted by atomic mass is 79.9. The van der Waals surface area contributed by atoms with E-state index in [0.717, 1.165) is 9.35 Å². The Balaban J connectivity index is 2.14. The van der Waals surface area contributed by atoms with Crippen molar-refractivity contribution in [3.05, 3.63) is 51.1 Å². The van der Waals surface area contributed by atoms with Gasteiger partial charge in [-0.2, -0.15) is 0 Å². The zero-order valence-corrected chi connectivity index (χ0v) is 14.5. The minimum atomic E-state index is -3.48. The van der Waals surface area contributed by atoms with E-state index >= 15 is 0 Å². The van der Waals surface area contributed by atoms with Gasteiger partial charge in [0.05, 0.1) is 4.90 Å². The van der Waals surface area contributed by atoms with Crippen LogP contribution in [0.1, 0.15) is 18.7 Å². The van der Waals surface area contributed by atoms with Crippen LogP contribution in [0.2, 0.25) is 0 Å². The molecule has 0 saturated carbocycles. The van der Waals surface area contributed by atoms with Crippen molar-refractivity contribution in [1.82, 2.24) is 4.72 Å². The molecule has 3 nitrogen and oxygen atoms in total. The molecule has 0 saturated heterocycles. The first-order valence-electron chi connectivity index (χ1n) is 6.10. The van der Waals surface area contributed by atoms with E-state index < -0.39 is 10.0 Å². The Labute approximate surface area is 132 Å². The molecular formula is C14H16BrNO2S2. The zero-order chi connectivity index (χ0) is 14.8. The van der Waals surface area contributed by atoms with E-state index in [1.807, 2.05) is 31.4 Å². The highest BCUT2D eigenvalue weighted by Gasteiger charge is 2.25. The first-order valence-corrected chi connectivity index (χ1v) is 9.26. The van der Waals surface area contributed by atoms with Gasteiger partial charge in [0, 0.05) is 21.3 Å². The topological polar surface area (TPSA) is 46.2 Å². The summed E-state index contributed by atoms with van der Waals surface area (Å²) in [7, 11) is -3.48. The third-order valence-corrected chi connectivity index (χ3v) is 6.13. The highest BCUT2D eigenvalue weighted by molar-refractivity contribution is 9.10. The number of halogens is 1. The molecule has 0 aliphatic heterocycles. The Morgan fingerprint density at radius 1 is 1.25 bits per heavy atom. The van der Waals surface area contributed by atoms with Crippen LogP contribution in [0.4, 0.5) is 0 Å². The fourth-order valence-corrected chi connectivity index (χ4v) is 4.40. The van der Waals surface area contributed by atoms with Crippen LogP contribution >= 0.6 is 27.3 Å². The summed E-state index contributed by atoms with van der Waals surface area (Å²) in [6.45, 7) is 4.42. The number of hydrogen-bond donors (Lipinski definition) is 1.